The van der Waals surface area contributed by atoms with Gasteiger partial charge in [-0.1, -0.05) is 86.6 Å². The number of ether oxygens (including phenoxy) is 2. The predicted octanol–water partition coefficient (Wildman–Crippen LogP) is 3.99. The van der Waals surface area contributed by atoms with Crippen molar-refractivity contribution in [3.05, 3.63) is 83.9 Å². The molecule has 0 heterocycles. The number of hydrogen-bond acceptors (Lipinski definition) is 5. The van der Waals surface area contributed by atoms with Crippen LogP contribution in [-0.4, -0.2) is 37.2 Å². The summed E-state index contributed by atoms with van der Waals surface area (Å²) in [5.41, 5.74) is 1.72. The number of benzene rings is 3. The molecule has 0 saturated carbocycles. The molecule has 3 aromatic carbocycles. The van der Waals surface area contributed by atoms with Gasteiger partial charge in [0.2, 0.25) is 5.91 Å². The van der Waals surface area contributed by atoms with Gasteiger partial charge in [0.1, 0.15) is 18.7 Å². The van der Waals surface area contributed by atoms with Crippen LogP contribution >= 0.6 is 0 Å². The molecule has 0 radical (unpaired) electrons. The third kappa shape index (κ3) is 6.81. The fraction of sp³-hybridized carbons (Fsp3) is 0.296. The lowest BCUT2D eigenvalue weighted by molar-refractivity contribution is -0.145. The maximum atomic E-state index is 13.0. The second-order valence-electron chi connectivity index (χ2n) is 8.40. The molecule has 0 bridgehead atoms. The Morgan fingerprint density at radius 3 is 2.18 bits per heavy atom. The van der Waals surface area contributed by atoms with Gasteiger partial charge in [-0.2, -0.15) is 0 Å². The second kappa shape index (κ2) is 11.8. The molecular weight excluding hydrogens is 432 g/mol. The van der Waals surface area contributed by atoms with Crippen LogP contribution in [0.2, 0.25) is 0 Å². The number of carbonyl (C=O) groups is 3. The van der Waals surface area contributed by atoms with Crippen molar-refractivity contribution in [1.29, 1.82) is 0 Å². The minimum Gasteiger partial charge on any atom is -0.467 e. The fourth-order valence-electron chi connectivity index (χ4n) is 3.63. The first-order valence-corrected chi connectivity index (χ1v) is 11.2. The number of esters is 1. The van der Waals surface area contributed by atoms with Gasteiger partial charge in [0.15, 0.2) is 0 Å². The number of amides is 2. The van der Waals surface area contributed by atoms with Crippen molar-refractivity contribution >= 4 is 28.7 Å². The number of fused-ring (bicyclic) bond motifs is 1. The maximum absolute atomic E-state index is 13.0. The summed E-state index contributed by atoms with van der Waals surface area (Å²) in [4.78, 5) is 37.8. The second-order valence-corrected chi connectivity index (χ2v) is 8.40. The zero-order chi connectivity index (χ0) is 24.5. The van der Waals surface area contributed by atoms with Gasteiger partial charge in [-0.25, -0.2) is 9.59 Å². The van der Waals surface area contributed by atoms with Crippen molar-refractivity contribution in [2.24, 2.45) is 5.92 Å². The Morgan fingerprint density at radius 1 is 0.824 bits per heavy atom. The van der Waals surface area contributed by atoms with E-state index in [0.717, 1.165) is 21.9 Å². The number of rotatable bonds is 9. The van der Waals surface area contributed by atoms with Crippen LogP contribution in [0.25, 0.3) is 10.8 Å². The van der Waals surface area contributed by atoms with Gasteiger partial charge in [-0.15, -0.1) is 0 Å². The van der Waals surface area contributed by atoms with Crippen molar-refractivity contribution in [3.8, 4) is 0 Å². The van der Waals surface area contributed by atoms with Crippen molar-refractivity contribution in [3.63, 3.8) is 0 Å². The molecule has 3 rings (SSSR count). The van der Waals surface area contributed by atoms with E-state index in [1.54, 1.807) is 13.8 Å². The van der Waals surface area contributed by atoms with Crippen LogP contribution in [0, 0.1) is 5.92 Å². The highest BCUT2D eigenvalue weighted by Crippen LogP contribution is 2.17. The molecule has 0 aliphatic heterocycles. The van der Waals surface area contributed by atoms with Gasteiger partial charge in [-0.3, -0.25) is 4.79 Å². The van der Waals surface area contributed by atoms with E-state index < -0.39 is 30.1 Å². The molecular formula is C27H30N2O5. The summed E-state index contributed by atoms with van der Waals surface area (Å²) in [5.74, 6) is -1.28. The molecule has 0 aliphatic carbocycles. The monoisotopic (exact) mass is 462 g/mol. The number of carbonyl (C=O) groups excluding carboxylic acids is 3. The lowest BCUT2D eigenvalue weighted by Gasteiger charge is -2.24. The summed E-state index contributed by atoms with van der Waals surface area (Å²) >= 11 is 0. The molecule has 7 nitrogen and oxygen atoms in total. The number of alkyl carbamates (subject to hydrolysis) is 1. The van der Waals surface area contributed by atoms with Gasteiger partial charge in [-0.05, 0) is 27.8 Å². The molecule has 7 heteroatoms. The van der Waals surface area contributed by atoms with Crippen molar-refractivity contribution in [2.75, 3.05) is 7.11 Å². The summed E-state index contributed by atoms with van der Waals surface area (Å²) in [6, 6.07) is 21.3. The van der Waals surface area contributed by atoms with Gasteiger partial charge in [0.05, 0.1) is 7.11 Å². The summed E-state index contributed by atoms with van der Waals surface area (Å²) in [5, 5.41) is 7.48. The first-order valence-electron chi connectivity index (χ1n) is 11.2. The standard InChI is InChI=1S/C27H30N2O5/c1-18(2)24(29-27(32)34-17-19-9-5-4-6-10-19)25(30)28-23(26(31)33-3)16-20-13-14-21-11-7-8-12-22(21)15-20/h4-15,18,23-24H,16-17H2,1-3H3,(H,28,30)(H,29,32)/t23-,24-/m1/s1. The van der Waals surface area contributed by atoms with E-state index >= 15 is 0 Å². The van der Waals surface area contributed by atoms with Gasteiger partial charge in [0, 0.05) is 6.42 Å². The normalized spacial score (nSPS) is 12.6. The molecule has 178 valence electrons. The summed E-state index contributed by atoms with van der Waals surface area (Å²) in [6.07, 6.45) is -0.450. The average molecular weight is 463 g/mol. The Balaban J connectivity index is 1.66. The van der Waals surface area contributed by atoms with Crippen LogP contribution in [-0.2, 0) is 32.1 Å². The van der Waals surface area contributed by atoms with Gasteiger partial charge < -0.3 is 20.1 Å². The first kappa shape index (κ1) is 24.8. The van der Waals surface area contributed by atoms with E-state index in [0.29, 0.717) is 0 Å². The topological polar surface area (TPSA) is 93.7 Å². The summed E-state index contributed by atoms with van der Waals surface area (Å²) < 4.78 is 10.2. The molecule has 2 N–H and O–H groups in total. The van der Waals surface area contributed by atoms with Crippen LogP contribution in [0.15, 0.2) is 72.8 Å². The lowest BCUT2D eigenvalue weighted by atomic mass is 10.00. The number of methoxy groups -OCH3 is 1. The van der Waals surface area contributed by atoms with Crippen LogP contribution in [0.4, 0.5) is 4.79 Å². The Bertz CT molecular complexity index is 1130. The first-order chi connectivity index (χ1) is 16.4. The molecule has 0 spiro atoms. The highest BCUT2D eigenvalue weighted by Gasteiger charge is 2.30. The van der Waals surface area contributed by atoms with E-state index in [4.69, 9.17) is 9.47 Å². The molecule has 2 amide bonds. The predicted molar refractivity (Wildman–Crippen MR) is 130 cm³/mol. The average Bonchev–Trinajstić information content (AvgIpc) is 2.85. The molecule has 34 heavy (non-hydrogen) atoms. The van der Waals surface area contributed by atoms with Crippen LogP contribution in [0.3, 0.4) is 0 Å². The van der Waals surface area contributed by atoms with E-state index in [9.17, 15) is 14.4 Å². The summed E-state index contributed by atoms with van der Waals surface area (Å²) in [6.45, 7) is 3.70. The third-order valence-electron chi connectivity index (χ3n) is 5.49. The zero-order valence-corrected chi connectivity index (χ0v) is 19.6. The fourth-order valence-corrected chi connectivity index (χ4v) is 3.63. The highest BCUT2D eigenvalue weighted by molar-refractivity contribution is 5.90. The molecule has 0 aromatic heterocycles. The minimum atomic E-state index is -0.901. The van der Waals surface area contributed by atoms with Crippen molar-refractivity contribution in [2.45, 2.75) is 39.0 Å². The smallest absolute Gasteiger partial charge is 0.408 e. The molecule has 3 aromatic rings. The van der Waals surface area contributed by atoms with E-state index in [-0.39, 0.29) is 18.9 Å². The third-order valence-corrected chi connectivity index (χ3v) is 5.49. The quantitative estimate of drug-likeness (QED) is 0.469. The lowest BCUT2D eigenvalue weighted by Crippen LogP contribution is -2.54. The van der Waals surface area contributed by atoms with Crippen molar-refractivity contribution in [1.82, 2.24) is 10.6 Å². The molecule has 0 fully saturated rings. The van der Waals surface area contributed by atoms with Crippen molar-refractivity contribution < 1.29 is 23.9 Å². The van der Waals surface area contributed by atoms with Crippen LogP contribution in [0.1, 0.15) is 25.0 Å². The Morgan fingerprint density at radius 2 is 1.50 bits per heavy atom. The molecule has 2 atom stereocenters. The Labute approximate surface area is 199 Å². The van der Waals surface area contributed by atoms with Crippen LogP contribution in [0.5, 0.6) is 0 Å². The van der Waals surface area contributed by atoms with Crippen LogP contribution < -0.4 is 10.6 Å². The SMILES string of the molecule is COC(=O)[C@@H](Cc1ccc2ccccc2c1)NC(=O)[C@H](NC(=O)OCc1ccccc1)C(C)C. The van der Waals surface area contributed by atoms with E-state index in [1.807, 2.05) is 72.8 Å². The summed E-state index contributed by atoms with van der Waals surface area (Å²) in [7, 11) is 1.28. The zero-order valence-electron chi connectivity index (χ0n) is 19.6. The van der Waals surface area contributed by atoms with Gasteiger partial charge in [0.25, 0.3) is 0 Å². The largest absolute Gasteiger partial charge is 0.467 e. The minimum absolute atomic E-state index is 0.0891. The maximum Gasteiger partial charge on any atom is 0.408 e. The molecule has 0 saturated heterocycles. The molecule has 0 aliphatic rings. The Kier molecular flexibility index (Phi) is 8.62. The number of nitrogens with one attached hydrogen (secondary N) is 2. The van der Waals surface area contributed by atoms with E-state index in [1.165, 1.54) is 7.11 Å². The molecule has 0 unspecified atom stereocenters. The van der Waals surface area contributed by atoms with E-state index in [2.05, 4.69) is 10.6 Å². The highest BCUT2D eigenvalue weighted by atomic mass is 16.5. The van der Waals surface area contributed by atoms with Gasteiger partial charge >= 0.3 is 12.1 Å². The Hall–Kier alpha value is -3.87. The number of hydrogen-bond donors (Lipinski definition) is 2.